The topological polar surface area (TPSA) is 122 Å². The van der Waals surface area contributed by atoms with E-state index in [1.54, 1.807) is 24.3 Å². The lowest BCUT2D eigenvalue weighted by molar-refractivity contribution is -0.114. The molecule has 1 fully saturated rings. The number of ether oxygens (including phenoxy) is 2. The second-order valence-corrected chi connectivity index (χ2v) is 12.0. The molecule has 1 aliphatic heterocycles. The number of amides is 1. The largest absolute Gasteiger partial charge is 0.495 e. The zero-order chi connectivity index (χ0) is 25.9. The van der Waals surface area contributed by atoms with E-state index in [4.69, 9.17) is 9.47 Å². The molecule has 0 aromatic heterocycles. The molecule has 12 heteroatoms. The van der Waals surface area contributed by atoms with Crippen LogP contribution in [0.15, 0.2) is 65.6 Å². The summed E-state index contributed by atoms with van der Waals surface area (Å²) in [6.07, 6.45) is 1.03. The molecule has 0 radical (unpaired) electrons. The van der Waals surface area contributed by atoms with Gasteiger partial charge in [-0.15, -0.1) is 0 Å². The molecule has 1 amide bonds. The van der Waals surface area contributed by atoms with Gasteiger partial charge in [0, 0.05) is 18.5 Å². The fourth-order valence-electron chi connectivity index (χ4n) is 4.01. The average Bonchev–Trinajstić information content (AvgIpc) is 2.87. The molecule has 36 heavy (non-hydrogen) atoms. The van der Waals surface area contributed by atoms with Crippen molar-refractivity contribution in [2.24, 2.45) is 0 Å². The zero-order valence-electron chi connectivity index (χ0n) is 19.9. The summed E-state index contributed by atoms with van der Waals surface area (Å²) in [4.78, 5) is 13.0. The Kier molecular flexibility index (Phi) is 7.50. The van der Waals surface area contributed by atoms with Crippen molar-refractivity contribution in [1.82, 2.24) is 4.31 Å². The van der Waals surface area contributed by atoms with E-state index in [0.29, 0.717) is 24.3 Å². The number of anilines is 2. The molecule has 0 spiro atoms. The molecule has 1 saturated heterocycles. The minimum atomic E-state index is -3.83. The summed E-state index contributed by atoms with van der Waals surface area (Å²) in [5.74, 6) is -0.423. The first kappa shape index (κ1) is 25.9. The average molecular weight is 534 g/mol. The summed E-state index contributed by atoms with van der Waals surface area (Å²) in [5, 5.41) is 4.12. The van der Waals surface area contributed by atoms with E-state index in [0.717, 1.165) is 15.9 Å². The van der Waals surface area contributed by atoms with Crippen molar-refractivity contribution in [2.45, 2.75) is 4.90 Å². The number of fused-ring (bicyclic) bond motifs is 1. The van der Waals surface area contributed by atoms with Gasteiger partial charge in [-0.1, -0.05) is 36.4 Å². The van der Waals surface area contributed by atoms with E-state index in [-0.39, 0.29) is 29.4 Å². The van der Waals surface area contributed by atoms with Crippen LogP contribution < -0.4 is 14.4 Å². The third kappa shape index (κ3) is 5.46. The van der Waals surface area contributed by atoms with E-state index < -0.39 is 32.5 Å². The fraction of sp³-hybridized carbons (Fsp3) is 0.292. The Labute approximate surface area is 210 Å². The first-order valence-corrected chi connectivity index (χ1v) is 14.4. The van der Waals surface area contributed by atoms with E-state index in [2.05, 4.69) is 5.32 Å². The van der Waals surface area contributed by atoms with Gasteiger partial charge in [-0.2, -0.15) is 4.31 Å². The van der Waals surface area contributed by atoms with Gasteiger partial charge in [0.2, 0.25) is 26.0 Å². The second-order valence-electron chi connectivity index (χ2n) is 8.19. The van der Waals surface area contributed by atoms with Crippen LogP contribution in [-0.2, 0) is 29.6 Å². The number of hydrogen-bond donors (Lipinski definition) is 1. The third-order valence-corrected chi connectivity index (χ3v) is 8.80. The number of carbonyl (C=O) groups excluding carboxylic acids is 1. The highest BCUT2D eigenvalue weighted by atomic mass is 32.2. The maximum absolute atomic E-state index is 13.1. The van der Waals surface area contributed by atoms with Gasteiger partial charge < -0.3 is 14.8 Å². The molecule has 192 valence electrons. The van der Waals surface area contributed by atoms with Gasteiger partial charge in [0.05, 0.1) is 42.8 Å². The lowest BCUT2D eigenvalue weighted by Crippen LogP contribution is -2.40. The minimum Gasteiger partial charge on any atom is -0.495 e. The smallest absolute Gasteiger partial charge is 0.245 e. The van der Waals surface area contributed by atoms with Crippen LogP contribution in [-0.4, -0.2) is 73.3 Å². The molecule has 0 unspecified atom stereocenters. The van der Waals surface area contributed by atoms with Gasteiger partial charge in [0.1, 0.15) is 12.3 Å². The molecule has 3 aromatic carbocycles. The first-order valence-electron chi connectivity index (χ1n) is 11.1. The lowest BCUT2D eigenvalue weighted by Gasteiger charge is -2.26. The molecule has 0 saturated carbocycles. The Morgan fingerprint density at radius 2 is 1.72 bits per heavy atom. The van der Waals surface area contributed by atoms with Crippen molar-refractivity contribution in [3.8, 4) is 5.75 Å². The highest BCUT2D eigenvalue weighted by Crippen LogP contribution is 2.31. The van der Waals surface area contributed by atoms with Crippen molar-refractivity contribution >= 4 is 48.1 Å². The number of nitrogens with zero attached hydrogens (tertiary/aromatic N) is 2. The van der Waals surface area contributed by atoms with Crippen molar-refractivity contribution in [3.63, 3.8) is 0 Å². The summed E-state index contributed by atoms with van der Waals surface area (Å²) >= 11 is 0. The van der Waals surface area contributed by atoms with Gasteiger partial charge in [0.15, 0.2) is 0 Å². The summed E-state index contributed by atoms with van der Waals surface area (Å²) in [5.41, 5.74) is 0.476. The highest BCUT2D eigenvalue weighted by molar-refractivity contribution is 7.92. The normalized spacial score (nSPS) is 14.9. The number of methoxy groups -OCH3 is 1. The molecule has 4 rings (SSSR count). The molecule has 1 N–H and O–H groups in total. The monoisotopic (exact) mass is 533 g/mol. The van der Waals surface area contributed by atoms with Crippen LogP contribution in [0.5, 0.6) is 5.75 Å². The summed E-state index contributed by atoms with van der Waals surface area (Å²) in [7, 11) is -6.26. The molecular formula is C24H27N3O7S2. The molecule has 3 aromatic rings. The summed E-state index contributed by atoms with van der Waals surface area (Å²) in [6, 6.07) is 16.6. The maximum Gasteiger partial charge on any atom is 0.245 e. The van der Waals surface area contributed by atoms with Gasteiger partial charge >= 0.3 is 0 Å². The molecule has 1 aliphatic rings. The maximum atomic E-state index is 13.1. The Hall–Kier alpha value is -3.19. The van der Waals surface area contributed by atoms with Crippen LogP contribution in [0.4, 0.5) is 11.4 Å². The van der Waals surface area contributed by atoms with Crippen molar-refractivity contribution in [3.05, 3.63) is 60.7 Å². The fourth-order valence-corrected chi connectivity index (χ4v) is 6.31. The molecule has 0 bridgehead atoms. The van der Waals surface area contributed by atoms with E-state index in [9.17, 15) is 21.6 Å². The highest BCUT2D eigenvalue weighted by Gasteiger charge is 2.28. The minimum absolute atomic E-state index is 0.0190. The van der Waals surface area contributed by atoms with E-state index in [1.165, 1.54) is 29.6 Å². The molecule has 1 heterocycles. The van der Waals surface area contributed by atoms with Crippen LogP contribution in [0.2, 0.25) is 0 Å². The summed E-state index contributed by atoms with van der Waals surface area (Å²) in [6.45, 7) is 0.536. The van der Waals surface area contributed by atoms with Crippen molar-refractivity contribution in [2.75, 3.05) is 55.8 Å². The van der Waals surface area contributed by atoms with Crippen LogP contribution in [0.3, 0.4) is 0 Å². The predicted octanol–water partition coefficient (Wildman–Crippen LogP) is 2.27. The number of sulfonamides is 2. The number of rotatable bonds is 8. The van der Waals surface area contributed by atoms with Gasteiger partial charge in [0.25, 0.3) is 0 Å². The zero-order valence-corrected chi connectivity index (χ0v) is 21.5. The standard InChI is InChI=1S/C24H27N3O7S2/c1-33-23-11-10-19(36(31,32)26-12-14-34-15-13-26)16-21(23)25-24(28)17-27(35(2,29)30)22-9-5-7-18-6-3-4-8-20(18)22/h3-11,16H,12-15,17H2,1-2H3,(H,25,28). The number of nitrogens with one attached hydrogen (secondary N) is 1. The van der Waals surface area contributed by atoms with Crippen LogP contribution in [0.25, 0.3) is 10.8 Å². The van der Waals surface area contributed by atoms with Gasteiger partial charge in [-0.3, -0.25) is 9.10 Å². The molecule has 0 atom stereocenters. The van der Waals surface area contributed by atoms with Gasteiger partial charge in [-0.05, 0) is 29.7 Å². The SMILES string of the molecule is COc1ccc(S(=O)(=O)N2CCOCC2)cc1NC(=O)CN(c1cccc2ccccc12)S(C)(=O)=O. The van der Waals surface area contributed by atoms with Crippen molar-refractivity contribution < 1.29 is 31.1 Å². The molecular weight excluding hydrogens is 506 g/mol. The third-order valence-electron chi connectivity index (χ3n) is 5.78. The number of benzene rings is 3. The Balaban J connectivity index is 1.63. The first-order chi connectivity index (χ1) is 17.1. The Morgan fingerprint density at radius 1 is 1.03 bits per heavy atom. The van der Waals surface area contributed by atoms with Crippen molar-refractivity contribution in [1.29, 1.82) is 0 Å². The predicted molar refractivity (Wildman–Crippen MR) is 137 cm³/mol. The summed E-state index contributed by atoms with van der Waals surface area (Å²) < 4.78 is 64.4. The van der Waals surface area contributed by atoms with E-state index in [1.807, 2.05) is 18.2 Å². The van der Waals surface area contributed by atoms with Gasteiger partial charge in [-0.25, -0.2) is 16.8 Å². The van der Waals surface area contributed by atoms with Crippen LogP contribution in [0, 0.1) is 0 Å². The molecule has 0 aliphatic carbocycles. The number of carbonyl (C=O) groups is 1. The number of morpholine rings is 1. The lowest BCUT2D eigenvalue weighted by atomic mass is 10.1. The van der Waals surface area contributed by atoms with Crippen LogP contribution >= 0.6 is 0 Å². The molecule has 10 nitrogen and oxygen atoms in total. The van der Waals surface area contributed by atoms with E-state index >= 15 is 0 Å². The Bertz CT molecular complexity index is 1480. The second kappa shape index (κ2) is 10.4. The quantitative estimate of drug-likeness (QED) is 0.471. The Morgan fingerprint density at radius 3 is 2.42 bits per heavy atom. The number of hydrogen-bond acceptors (Lipinski definition) is 7. The van der Waals surface area contributed by atoms with Crippen LogP contribution in [0.1, 0.15) is 0 Å².